The van der Waals surface area contributed by atoms with E-state index < -0.39 is 11.9 Å². The molecule has 0 saturated heterocycles. The number of ether oxygens (including phenoxy) is 1. The minimum atomic E-state index is -0.850. The highest BCUT2D eigenvalue weighted by Gasteiger charge is 2.14. The summed E-state index contributed by atoms with van der Waals surface area (Å²) in [7, 11) is 0. The fourth-order valence-corrected chi connectivity index (χ4v) is 1.72. The van der Waals surface area contributed by atoms with Crippen LogP contribution in [-0.4, -0.2) is 23.5 Å². The number of nitrogens with one attached hydrogen (secondary N) is 2. The molecule has 0 fully saturated rings. The Bertz CT molecular complexity index is 574. The lowest BCUT2D eigenvalue weighted by molar-refractivity contribution is -0.154. The summed E-state index contributed by atoms with van der Waals surface area (Å²) >= 11 is 0. The third-order valence-corrected chi connectivity index (χ3v) is 2.58. The zero-order valence-electron chi connectivity index (χ0n) is 10.0. The second kappa shape index (κ2) is 5.35. The number of carbonyl (C=O) groups is 2. The maximum atomic E-state index is 11.4. The Kier molecular flexibility index (Phi) is 3.62. The molecule has 2 rings (SSSR count). The third-order valence-electron chi connectivity index (χ3n) is 2.58. The Morgan fingerprint density at radius 3 is 2.89 bits per heavy atom. The van der Waals surface area contributed by atoms with Crippen molar-refractivity contribution in [2.75, 3.05) is 6.61 Å². The van der Waals surface area contributed by atoms with Gasteiger partial charge in [0.05, 0.1) is 6.61 Å². The van der Waals surface area contributed by atoms with Crippen LogP contribution >= 0.6 is 0 Å². The summed E-state index contributed by atoms with van der Waals surface area (Å²) in [6, 6.07) is 7.76. The average molecular weight is 246 g/mol. The molecule has 0 radical (unpaired) electrons. The molecule has 1 aromatic carbocycles. The molecule has 0 bridgehead atoms. The van der Waals surface area contributed by atoms with Gasteiger partial charge in [-0.2, -0.15) is 0 Å². The number of hydrogen-bond acceptors (Lipinski definition) is 3. The predicted octanol–water partition coefficient (Wildman–Crippen LogP) is 1.35. The van der Waals surface area contributed by atoms with Crippen molar-refractivity contribution in [1.29, 1.82) is 0 Å². The summed E-state index contributed by atoms with van der Waals surface area (Å²) in [6.45, 7) is 2.14. The van der Waals surface area contributed by atoms with Gasteiger partial charge in [0.15, 0.2) is 0 Å². The molecule has 94 valence electrons. The average Bonchev–Trinajstić information content (AvgIpc) is 2.79. The molecule has 0 unspecified atom stereocenters. The van der Waals surface area contributed by atoms with Crippen LogP contribution in [0.5, 0.6) is 0 Å². The van der Waals surface area contributed by atoms with E-state index in [4.69, 9.17) is 0 Å². The van der Waals surface area contributed by atoms with E-state index in [1.54, 1.807) is 6.92 Å². The maximum absolute atomic E-state index is 11.4. The van der Waals surface area contributed by atoms with Crippen molar-refractivity contribution in [3.8, 4) is 0 Å². The van der Waals surface area contributed by atoms with E-state index >= 15 is 0 Å². The molecule has 5 nitrogen and oxygen atoms in total. The smallest absolute Gasteiger partial charge is 0.396 e. The summed E-state index contributed by atoms with van der Waals surface area (Å²) in [5, 5.41) is 3.56. The first-order valence-electron chi connectivity index (χ1n) is 5.72. The minimum Gasteiger partial charge on any atom is -0.459 e. The largest absolute Gasteiger partial charge is 0.459 e. The molecule has 0 aliphatic rings. The van der Waals surface area contributed by atoms with Crippen molar-refractivity contribution in [2.24, 2.45) is 0 Å². The molecule has 1 aromatic heterocycles. The molecule has 2 N–H and O–H groups in total. The lowest BCUT2D eigenvalue weighted by Crippen LogP contribution is -2.31. The van der Waals surface area contributed by atoms with Crippen LogP contribution in [0.3, 0.4) is 0 Å². The van der Waals surface area contributed by atoms with Crippen LogP contribution in [0, 0.1) is 0 Å². The fourth-order valence-electron chi connectivity index (χ4n) is 1.72. The van der Waals surface area contributed by atoms with E-state index in [2.05, 4.69) is 15.0 Å². The minimum absolute atomic E-state index is 0.194. The monoisotopic (exact) mass is 246 g/mol. The molecule has 0 aliphatic carbocycles. The van der Waals surface area contributed by atoms with E-state index in [1.165, 1.54) is 0 Å². The number of fused-ring (bicyclic) bond motifs is 1. The Morgan fingerprint density at radius 1 is 1.33 bits per heavy atom. The van der Waals surface area contributed by atoms with Crippen LogP contribution in [-0.2, 0) is 20.9 Å². The van der Waals surface area contributed by atoms with Crippen LogP contribution in [0.2, 0.25) is 0 Å². The molecule has 1 heterocycles. The van der Waals surface area contributed by atoms with Gasteiger partial charge in [-0.25, -0.2) is 4.79 Å². The first kappa shape index (κ1) is 12.2. The first-order chi connectivity index (χ1) is 8.72. The van der Waals surface area contributed by atoms with Gasteiger partial charge in [0.2, 0.25) is 0 Å². The van der Waals surface area contributed by atoms with Gasteiger partial charge in [-0.3, -0.25) is 4.79 Å². The van der Waals surface area contributed by atoms with Crippen molar-refractivity contribution in [1.82, 2.24) is 10.3 Å². The number of amides is 1. The fraction of sp³-hybridized carbons (Fsp3) is 0.231. The number of rotatable bonds is 3. The van der Waals surface area contributed by atoms with Gasteiger partial charge in [-0.05, 0) is 18.6 Å². The van der Waals surface area contributed by atoms with Crippen molar-refractivity contribution in [3.05, 3.63) is 36.0 Å². The lowest BCUT2D eigenvalue weighted by atomic mass is 10.2. The summed E-state index contributed by atoms with van der Waals surface area (Å²) in [4.78, 5) is 25.6. The Hall–Kier alpha value is -2.30. The van der Waals surface area contributed by atoms with Crippen LogP contribution in [0.4, 0.5) is 0 Å². The van der Waals surface area contributed by atoms with E-state index in [9.17, 15) is 9.59 Å². The highest BCUT2D eigenvalue weighted by molar-refractivity contribution is 6.32. The van der Waals surface area contributed by atoms with Crippen molar-refractivity contribution in [3.63, 3.8) is 0 Å². The summed E-state index contributed by atoms with van der Waals surface area (Å²) in [5.74, 6) is -1.57. The van der Waals surface area contributed by atoms with E-state index in [0.29, 0.717) is 6.54 Å². The number of benzene rings is 1. The molecule has 5 heteroatoms. The van der Waals surface area contributed by atoms with Crippen LogP contribution in [0.1, 0.15) is 12.5 Å². The normalized spacial score (nSPS) is 10.3. The number of para-hydroxylation sites is 1. The number of carbonyl (C=O) groups excluding carboxylic acids is 2. The number of aromatic amines is 1. The predicted molar refractivity (Wildman–Crippen MR) is 66.8 cm³/mol. The van der Waals surface area contributed by atoms with Gasteiger partial charge in [0.25, 0.3) is 0 Å². The Balaban J connectivity index is 2.02. The second-order valence-corrected chi connectivity index (χ2v) is 3.76. The Morgan fingerprint density at radius 2 is 2.11 bits per heavy atom. The SMILES string of the molecule is CCOC(=O)C(=O)NCc1c[nH]c2ccccc12. The van der Waals surface area contributed by atoms with Gasteiger partial charge in [0.1, 0.15) is 0 Å². The Labute approximate surface area is 104 Å². The van der Waals surface area contributed by atoms with Gasteiger partial charge < -0.3 is 15.0 Å². The summed E-state index contributed by atoms with van der Waals surface area (Å²) in [6.07, 6.45) is 1.82. The topological polar surface area (TPSA) is 71.2 Å². The zero-order chi connectivity index (χ0) is 13.0. The van der Waals surface area contributed by atoms with Gasteiger partial charge in [-0.15, -0.1) is 0 Å². The van der Waals surface area contributed by atoms with Crippen LogP contribution < -0.4 is 5.32 Å². The van der Waals surface area contributed by atoms with Crippen molar-refractivity contribution < 1.29 is 14.3 Å². The number of hydrogen-bond donors (Lipinski definition) is 2. The molecule has 0 aliphatic heterocycles. The van der Waals surface area contributed by atoms with Gasteiger partial charge in [-0.1, -0.05) is 18.2 Å². The summed E-state index contributed by atoms with van der Waals surface area (Å²) in [5.41, 5.74) is 1.93. The molecular formula is C13H14N2O3. The third kappa shape index (κ3) is 2.51. The van der Waals surface area contributed by atoms with Crippen LogP contribution in [0.25, 0.3) is 10.9 Å². The number of esters is 1. The summed E-state index contributed by atoms with van der Waals surface area (Å²) < 4.78 is 4.60. The maximum Gasteiger partial charge on any atom is 0.396 e. The highest BCUT2D eigenvalue weighted by atomic mass is 16.5. The van der Waals surface area contributed by atoms with E-state index in [1.807, 2.05) is 30.5 Å². The first-order valence-corrected chi connectivity index (χ1v) is 5.72. The zero-order valence-corrected chi connectivity index (χ0v) is 10.0. The molecule has 2 aromatic rings. The highest BCUT2D eigenvalue weighted by Crippen LogP contribution is 2.17. The number of H-pyrrole nitrogens is 1. The number of aromatic nitrogens is 1. The van der Waals surface area contributed by atoms with E-state index in [0.717, 1.165) is 16.5 Å². The van der Waals surface area contributed by atoms with Crippen molar-refractivity contribution >= 4 is 22.8 Å². The molecule has 0 saturated carbocycles. The molecule has 0 spiro atoms. The molecule has 18 heavy (non-hydrogen) atoms. The molecule has 1 amide bonds. The second-order valence-electron chi connectivity index (χ2n) is 3.76. The van der Waals surface area contributed by atoms with Crippen LogP contribution in [0.15, 0.2) is 30.5 Å². The quantitative estimate of drug-likeness (QED) is 0.634. The molecular weight excluding hydrogens is 232 g/mol. The van der Waals surface area contributed by atoms with Gasteiger partial charge >= 0.3 is 11.9 Å². The van der Waals surface area contributed by atoms with Crippen molar-refractivity contribution in [2.45, 2.75) is 13.5 Å². The van der Waals surface area contributed by atoms with Gasteiger partial charge in [0, 0.05) is 23.6 Å². The molecule has 0 atom stereocenters. The lowest BCUT2D eigenvalue weighted by Gasteiger charge is -2.03. The van der Waals surface area contributed by atoms with E-state index in [-0.39, 0.29) is 6.61 Å². The standard InChI is InChI=1S/C13H14N2O3/c1-2-18-13(17)12(16)15-8-9-7-14-11-6-4-3-5-10(9)11/h3-7,14H,2,8H2,1H3,(H,15,16).